The second-order valence-electron chi connectivity index (χ2n) is 5.08. The maximum atomic E-state index is 11.1. The molecule has 0 amide bonds. The summed E-state index contributed by atoms with van der Waals surface area (Å²) in [5.74, 6) is -0.913. The number of para-hydroxylation sites is 1. The molecule has 0 saturated heterocycles. The van der Waals surface area contributed by atoms with Crippen LogP contribution in [0, 0.1) is 10.1 Å². The maximum Gasteiger partial charge on any atom is 0.310 e. The third-order valence-corrected chi connectivity index (χ3v) is 3.92. The van der Waals surface area contributed by atoms with E-state index in [2.05, 4.69) is 5.32 Å². The first-order chi connectivity index (χ1) is 9.43. The first kappa shape index (κ1) is 14.6. The van der Waals surface area contributed by atoms with Gasteiger partial charge in [-0.3, -0.25) is 14.9 Å². The highest BCUT2D eigenvalue weighted by atomic mass is 35.5. The van der Waals surface area contributed by atoms with Crippen molar-refractivity contribution in [1.82, 2.24) is 0 Å². The Hall–Kier alpha value is -1.82. The fourth-order valence-electron chi connectivity index (χ4n) is 2.77. The van der Waals surface area contributed by atoms with Crippen LogP contribution in [0.2, 0.25) is 5.02 Å². The number of nitro benzene ring substituents is 1. The Morgan fingerprint density at radius 3 is 2.65 bits per heavy atom. The SMILES string of the molecule is O=C(O)CC1(Nc2cccc(Cl)c2[N+](=O)[O-])CCCC1. The zero-order valence-electron chi connectivity index (χ0n) is 10.8. The van der Waals surface area contributed by atoms with Gasteiger partial charge in [0.1, 0.15) is 10.7 Å². The van der Waals surface area contributed by atoms with Gasteiger partial charge in [0.05, 0.1) is 11.3 Å². The molecule has 0 heterocycles. The molecule has 2 N–H and O–H groups in total. The van der Waals surface area contributed by atoms with E-state index in [0.717, 1.165) is 12.8 Å². The lowest BCUT2D eigenvalue weighted by Crippen LogP contribution is -2.37. The number of nitro groups is 1. The standard InChI is InChI=1S/C13H15ClN2O4/c14-9-4-3-5-10(12(9)16(19)20)15-13(8-11(17)18)6-1-2-7-13/h3-5,15H,1-2,6-8H2,(H,17,18). The number of nitrogens with zero attached hydrogens (tertiary/aromatic N) is 1. The monoisotopic (exact) mass is 298 g/mol. The molecule has 108 valence electrons. The predicted octanol–water partition coefficient (Wildman–Crippen LogP) is 3.45. The molecule has 7 heteroatoms. The van der Waals surface area contributed by atoms with Crippen LogP contribution in [0.4, 0.5) is 11.4 Å². The minimum absolute atomic E-state index is 0.0449. The van der Waals surface area contributed by atoms with Crippen LogP contribution >= 0.6 is 11.6 Å². The normalized spacial score (nSPS) is 16.9. The zero-order valence-corrected chi connectivity index (χ0v) is 11.5. The summed E-state index contributed by atoms with van der Waals surface area (Å²) in [6.07, 6.45) is 3.13. The quantitative estimate of drug-likeness (QED) is 0.641. The molecule has 0 aliphatic heterocycles. The molecule has 1 aromatic rings. The van der Waals surface area contributed by atoms with E-state index in [1.165, 1.54) is 6.07 Å². The van der Waals surface area contributed by atoms with E-state index < -0.39 is 16.4 Å². The van der Waals surface area contributed by atoms with Gasteiger partial charge >= 0.3 is 11.7 Å². The molecule has 1 fully saturated rings. The van der Waals surface area contributed by atoms with Crippen molar-refractivity contribution in [3.63, 3.8) is 0 Å². The van der Waals surface area contributed by atoms with Crippen LogP contribution < -0.4 is 5.32 Å². The van der Waals surface area contributed by atoms with E-state index >= 15 is 0 Å². The second kappa shape index (κ2) is 5.66. The van der Waals surface area contributed by atoms with Crippen molar-refractivity contribution in [2.24, 2.45) is 0 Å². The lowest BCUT2D eigenvalue weighted by atomic mass is 9.92. The lowest BCUT2D eigenvalue weighted by Gasteiger charge is -2.29. The second-order valence-corrected chi connectivity index (χ2v) is 5.48. The number of hydrogen-bond donors (Lipinski definition) is 2. The molecule has 0 bridgehead atoms. The third-order valence-electron chi connectivity index (χ3n) is 3.62. The third kappa shape index (κ3) is 3.01. The van der Waals surface area contributed by atoms with Crippen LogP contribution in [0.25, 0.3) is 0 Å². The molecule has 1 aliphatic rings. The summed E-state index contributed by atoms with van der Waals surface area (Å²) in [5.41, 5.74) is -0.544. The summed E-state index contributed by atoms with van der Waals surface area (Å²) in [6.45, 7) is 0. The lowest BCUT2D eigenvalue weighted by molar-refractivity contribution is -0.383. The molecule has 0 atom stereocenters. The molecule has 20 heavy (non-hydrogen) atoms. The summed E-state index contributed by atoms with van der Waals surface area (Å²) < 4.78 is 0. The van der Waals surface area contributed by atoms with Crippen LogP contribution in [0.1, 0.15) is 32.1 Å². The minimum Gasteiger partial charge on any atom is -0.481 e. The van der Waals surface area contributed by atoms with Gasteiger partial charge in [0.25, 0.3) is 0 Å². The predicted molar refractivity (Wildman–Crippen MR) is 75.2 cm³/mol. The molecule has 0 aromatic heterocycles. The number of hydrogen-bond acceptors (Lipinski definition) is 4. The van der Waals surface area contributed by atoms with Gasteiger partial charge in [0.2, 0.25) is 0 Å². The van der Waals surface area contributed by atoms with Gasteiger partial charge in [-0.25, -0.2) is 0 Å². The average molecular weight is 299 g/mol. The minimum atomic E-state index is -0.913. The molecule has 0 radical (unpaired) electrons. The maximum absolute atomic E-state index is 11.1. The molecular formula is C13H15ClN2O4. The van der Waals surface area contributed by atoms with Crippen molar-refractivity contribution in [2.45, 2.75) is 37.6 Å². The van der Waals surface area contributed by atoms with Gasteiger partial charge in [-0.15, -0.1) is 0 Å². The van der Waals surface area contributed by atoms with Crippen LogP contribution in [-0.2, 0) is 4.79 Å². The topological polar surface area (TPSA) is 92.5 Å². The van der Waals surface area contributed by atoms with E-state index in [0.29, 0.717) is 12.8 Å². The molecule has 6 nitrogen and oxygen atoms in total. The highest BCUT2D eigenvalue weighted by molar-refractivity contribution is 6.33. The summed E-state index contributed by atoms with van der Waals surface area (Å²) in [6, 6.07) is 4.62. The number of anilines is 1. The van der Waals surface area contributed by atoms with E-state index in [9.17, 15) is 14.9 Å². The van der Waals surface area contributed by atoms with E-state index in [4.69, 9.17) is 16.7 Å². The van der Waals surface area contributed by atoms with Gasteiger partial charge in [0.15, 0.2) is 0 Å². The Morgan fingerprint density at radius 1 is 1.45 bits per heavy atom. The molecule has 2 rings (SSSR count). The van der Waals surface area contributed by atoms with Crippen molar-refractivity contribution < 1.29 is 14.8 Å². The number of nitrogens with one attached hydrogen (secondary N) is 1. The smallest absolute Gasteiger partial charge is 0.310 e. The van der Waals surface area contributed by atoms with Crippen molar-refractivity contribution in [2.75, 3.05) is 5.32 Å². The van der Waals surface area contributed by atoms with Crippen molar-refractivity contribution >= 4 is 28.9 Å². The fourth-order valence-corrected chi connectivity index (χ4v) is 3.02. The first-order valence-corrected chi connectivity index (χ1v) is 6.74. The van der Waals surface area contributed by atoms with Gasteiger partial charge in [-0.2, -0.15) is 0 Å². The molecule has 1 saturated carbocycles. The van der Waals surface area contributed by atoms with Crippen molar-refractivity contribution in [3.8, 4) is 0 Å². The van der Waals surface area contributed by atoms with Crippen LogP contribution in [0.3, 0.4) is 0 Å². The Morgan fingerprint density at radius 2 is 2.10 bits per heavy atom. The summed E-state index contributed by atoms with van der Waals surface area (Å²) in [4.78, 5) is 21.6. The van der Waals surface area contributed by atoms with Gasteiger partial charge in [-0.1, -0.05) is 30.5 Å². The zero-order chi connectivity index (χ0) is 14.8. The largest absolute Gasteiger partial charge is 0.481 e. The van der Waals surface area contributed by atoms with E-state index in [1.807, 2.05) is 0 Å². The van der Waals surface area contributed by atoms with E-state index in [1.54, 1.807) is 12.1 Å². The molecule has 0 spiro atoms. The highest BCUT2D eigenvalue weighted by Crippen LogP contribution is 2.40. The van der Waals surface area contributed by atoms with Crippen LogP contribution in [0.15, 0.2) is 18.2 Å². The molecular weight excluding hydrogens is 284 g/mol. The number of aliphatic carboxylic acids is 1. The molecule has 1 aromatic carbocycles. The number of carbonyl (C=O) groups is 1. The van der Waals surface area contributed by atoms with Gasteiger partial charge in [-0.05, 0) is 25.0 Å². The van der Waals surface area contributed by atoms with Crippen LogP contribution in [-0.4, -0.2) is 21.5 Å². The fraction of sp³-hybridized carbons (Fsp3) is 0.462. The van der Waals surface area contributed by atoms with E-state index in [-0.39, 0.29) is 22.8 Å². The highest BCUT2D eigenvalue weighted by Gasteiger charge is 2.37. The summed E-state index contributed by atoms with van der Waals surface area (Å²) in [7, 11) is 0. The van der Waals surface area contributed by atoms with Crippen molar-refractivity contribution in [1.29, 1.82) is 0 Å². The number of carboxylic acids is 1. The molecule has 1 aliphatic carbocycles. The average Bonchev–Trinajstić information content (AvgIpc) is 2.75. The Balaban J connectivity index is 2.34. The van der Waals surface area contributed by atoms with Crippen LogP contribution in [0.5, 0.6) is 0 Å². The number of carboxylic acid groups (broad SMARTS) is 1. The van der Waals surface area contributed by atoms with Gasteiger partial charge < -0.3 is 10.4 Å². The van der Waals surface area contributed by atoms with Gasteiger partial charge in [0, 0.05) is 5.54 Å². The Labute approximate surface area is 120 Å². The summed E-state index contributed by atoms with van der Waals surface area (Å²) in [5, 5.41) is 23.3. The van der Waals surface area contributed by atoms with Crippen molar-refractivity contribution in [3.05, 3.63) is 33.3 Å². The number of halogens is 1. The Bertz CT molecular complexity index is 541. The number of benzene rings is 1. The first-order valence-electron chi connectivity index (χ1n) is 6.36. The summed E-state index contributed by atoms with van der Waals surface area (Å²) >= 11 is 5.86. The Kier molecular flexibility index (Phi) is 4.13. The number of rotatable bonds is 5. The molecule has 0 unspecified atom stereocenters.